The van der Waals surface area contributed by atoms with E-state index in [1.807, 2.05) is 6.26 Å². The van der Waals surface area contributed by atoms with Gasteiger partial charge >= 0.3 is 0 Å². The van der Waals surface area contributed by atoms with Crippen LogP contribution in [-0.2, 0) is 7.05 Å². The van der Waals surface area contributed by atoms with Gasteiger partial charge in [-0.15, -0.1) is 0 Å². The van der Waals surface area contributed by atoms with Crippen molar-refractivity contribution < 1.29 is 4.79 Å². The zero-order valence-electron chi connectivity index (χ0n) is 6.17. The van der Waals surface area contributed by atoms with Crippen LogP contribution < -0.4 is 0 Å². The lowest BCUT2D eigenvalue weighted by molar-refractivity contribution is 0.107. The van der Waals surface area contributed by atoms with E-state index in [9.17, 15) is 4.79 Å². The summed E-state index contributed by atoms with van der Waals surface area (Å²) < 4.78 is 1.67. The SMILES string of the molecule is CSc1ncc(C(=O)Cl)n1C. The highest BCUT2D eigenvalue weighted by molar-refractivity contribution is 7.98. The summed E-state index contributed by atoms with van der Waals surface area (Å²) in [6.45, 7) is 0. The fourth-order valence-electron chi connectivity index (χ4n) is 0.765. The highest BCUT2D eigenvalue weighted by atomic mass is 35.5. The molecule has 0 saturated heterocycles. The van der Waals surface area contributed by atoms with Crippen molar-refractivity contribution in [3.8, 4) is 0 Å². The number of halogens is 1. The first-order valence-electron chi connectivity index (χ1n) is 2.92. The van der Waals surface area contributed by atoms with E-state index >= 15 is 0 Å². The van der Waals surface area contributed by atoms with E-state index in [0.717, 1.165) is 5.16 Å². The molecule has 0 atom stereocenters. The van der Waals surface area contributed by atoms with Crippen molar-refractivity contribution in [2.75, 3.05) is 6.26 Å². The van der Waals surface area contributed by atoms with Crippen LogP contribution in [-0.4, -0.2) is 21.0 Å². The van der Waals surface area contributed by atoms with Crippen LogP contribution in [0.5, 0.6) is 0 Å². The maximum absolute atomic E-state index is 10.7. The van der Waals surface area contributed by atoms with Crippen molar-refractivity contribution in [1.29, 1.82) is 0 Å². The Morgan fingerprint density at radius 1 is 1.82 bits per heavy atom. The molecule has 11 heavy (non-hydrogen) atoms. The predicted octanol–water partition coefficient (Wildman–Crippen LogP) is 1.52. The van der Waals surface area contributed by atoms with Gasteiger partial charge in [-0.05, 0) is 17.9 Å². The molecular formula is C6H7ClN2OS. The van der Waals surface area contributed by atoms with E-state index in [1.54, 1.807) is 11.6 Å². The van der Waals surface area contributed by atoms with Gasteiger partial charge in [-0.3, -0.25) is 4.79 Å². The molecule has 0 saturated carbocycles. The Balaban J connectivity index is 3.10. The Hall–Kier alpha value is -0.480. The van der Waals surface area contributed by atoms with Crippen molar-refractivity contribution >= 4 is 28.6 Å². The minimum Gasteiger partial charge on any atom is -0.319 e. The van der Waals surface area contributed by atoms with Gasteiger partial charge in [0.1, 0.15) is 5.69 Å². The third-order valence-electron chi connectivity index (χ3n) is 1.33. The van der Waals surface area contributed by atoms with Crippen LogP contribution in [0.2, 0.25) is 0 Å². The summed E-state index contributed by atoms with van der Waals surface area (Å²) in [5.74, 6) is 0. The third-order valence-corrected chi connectivity index (χ3v) is 2.27. The summed E-state index contributed by atoms with van der Waals surface area (Å²) in [6, 6.07) is 0. The molecule has 0 N–H and O–H groups in total. The Kier molecular flexibility index (Phi) is 2.57. The average Bonchev–Trinajstić information content (AvgIpc) is 2.30. The van der Waals surface area contributed by atoms with Gasteiger partial charge in [0.25, 0.3) is 5.24 Å². The van der Waals surface area contributed by atoms with Gasteiger partial charge in [0, 0.05) is 7.05 Å². The topological polar surface area (TPSA) is 34.9 Å². The number of thioether (sulfide) groups is 1. The van der Waals surface area contributed by atoms with Gasteiger partial charge in [0.2, 0.25) is 0 Å². The molecule has 1 heterocycles. The van der Waals surface area contributed by atoms with Crippen LogP contribution in [0.15, 0.2) is 11.4 Å². The van der Waals surface area contributed by atoms with E-state index in [1.165, 1.54) is 18.0 Å². The fraction of sp³-hybridized carbons (Fsp3) is 0.333. The molecule has 0 aliphatic rings. The van der Waals surface area contributed by atoms with E-state index in [2.05, 4.69) is 4.98 Å². The van der Waals surface area contributed by atoms with Crippen LogP contribution in [0.25, 0.3) is 0 Å². The first-order chi connectivity index (χ1) is 5.16. The molecule has 5 heteroatoms. The van der Waals surface area contributed by atoms with E-state index in [0.29, 0.717) is 5.69 Å². The highest BCUT2D eigenvalue weighted by Crippen LogP contribution is 2.14. The molecule has 1 aromatic rings. The molecule has 0 unspecified atom stereocenters. The molecule has 1 rings (SSSR count). The normalized spacial score (nSPS) is 10.1. The zero-order valence-corrected chi connectivity index (χ0v) is 7.74. The standard InChI is InChI=1S/C6H7ClN2OS/c1-9-4(5(7)10)3-8-6(9)11-2/h3H,1-2H3. The number of carbonyl (C=O) groups excluding carboxylic acids is 1. The smallest absolute Gasteiger partial charge is 0.270 e. The summed E-state index contributed by atoms with van der Waals surface area (Å²) in [6.07, 6.45) is 3.37. The number of rotatable bonds is 2. The van der Waals surface area contributed by atoms with Crippen LogP contribution in [0.1, 0.15) is 10.5 Å². The number of carbonyl (C=O) groups is 1. The first-order valence-corrected chi connectivity index (χ1v) is 4.52. The van der Waals surface area contributed by atoms with Crippen LogP contribution in [0.4, 0.5) is 0 Å². The molecule has 0 radical (unpaired) electrons. The second-order valence-electron chi connectivity index (χ2n) is 1.96. The Morgan fingerprint density at radius 3 is 2.73 bits per heavy atom. The average molecular weight is 191 g/mol. The lowest BCUT2D eigenvalue weighted by Gasteiger charge is -1.97. The summed E-state index contributed by atoms with van der Waals surface area (Å²) in [7, 11) is 1.76. The molecule has 3 nitrogen and oxygen atoms in total. The number of nitrogens with zero attached hydrogens (tertiary/aromatic N) is 2. The molecular weight excluding hydrogens is 184 g/mol. The lowest BCUT2D eigenvalue weighted by atomic mass is 10.5. The van der Waals surface area contributed by atoms with Crippen LogP contribution >= 0.6 is 23.4 Å². The first kappa shape index (κ1) is 8.62. The monoisotopic (exact) mass is 190 g/mol. The van der Waals surface area contributed by atoms with Gasteiger partial charge in [-0.2, -0.15) is 0 Å². The molecule has 0 fully saturated rings. The van der Waals surface area contributed by atoms with Crippen LogP contribution in [0, 0.1) is 0 Å². The second-order valence-corrected chi connectivity index (χ2v) is 3.08. The maximum Gasteiger partial charge on any atom is 0.270 e. The molecule has 0 aliphatic carbocycles. The van der Waals surface area contributed by atoms with Crippen molar-refractivity contribution in [3.05, 3.63) is 11.9 Å². The molecule has 1 aromatic heterocycles. The van der Waals surface area contributed by atoms with Crippen molar-refractivity contribution in [1.82, 2.24) is 9.55 Å². The summed E-state index contributed by atoms with van der Waals surface area (Å²) in [4.78, 5) is 14.7. The van der Waals surface area contributed by atoms with Crippen LogP contribution in [0.3, 0.4) is 0 Å². The summed E-state index contributed by atoms with van der Waals surface area (Å²) >= 11 is 6.74. The molecule has 0 bridgehead atoms. The van der Waals surface area contributed by atoms with Crippen molar-refractivity contribution in [2.24, 2.45) is 7.05 Å². The Labute approximate surface area is 73.8 Å². The predicted molar refractivity (Wildman–Crippen MR) is 45.2 cm³/mol. The molecule has 60 valence electrons. The van der Waals surface area contributed by atoms with E-state index < -0.39 is 5.24 Å². The van der Waals surface area contributed by atoms with Crippen molar-refractivity contribution in [2.45, 2.75) is 5.16 Å². The number of imidazole rings is 1. The Bertz CT molecular complexity index is 284. The minimum absolute atomic E-state index is 0.427. The molecule has 0 aliphatic heterocycles. The van der Waals surface area contributed by atoms with Crippen molar-refractivity contribution in [3.63, 3.8) is 0 Å². The van der Waals surface area contributed by atoms with E-state index in [-0.39, 0.29) is 0 Å². The molecule has 0 spiro atoms. The molecule has 0 amide bonds. The summed E-state index contributed by atoms with van der Waals surface area (Å²) in [5.41, 5.74) is 0.427. The van der Waals surface area contributed by atoms with E-state index in [4.69, 9.17) is 11.6 Å². The number of hydrogen-bond donors (Lipinski definition) is 0. The second kappa shape index (κ2) is 3.28. The lowest BCUT2D eigenvalue weighted by Crippen LogP contribution is -1.99. The largest absolute Gasteiger partial charge is 0.319 e. The van der Waals surface area contributed by atoms with Gasteiger partial charge in [0.05, 0.1) is 6.20 Å². The zero-order chi connectivity index (χ0) is 8.43. The third kappa shape index (κ3) is 1.57. The fourth-order valence-corrected chi connectivity index (χ4v) is 1.47. The van der Waals surface area contributed by atoms with Gasteiger partial charge in [-0.1, -0.05) is 11.8 Å². The number of aromatic nitrogens is 2. The minimum atomic E-state index is -0.472. The Morgan fingerprint density at radius 2 is 2.45 bits per heavy atom. The quantitative estimate of drug-likeness (QED) is 0.524. The van der Waals surface area contributed by atoms with Gasteiger partial charge < -0.3 is 4.57 Å². The van der Waals surface area contributed by atoms with Gasteiger partial charge in [-0.25, -0.2) is 4.98 Å². The maximum atomic E-state index is 10.7. The number of hydrogen-bond acceptors (Lipinski definition) is 3. The summed E-state index contributed by atoms with van der Waals surface area (Å²) in [5, 5.41) is 0.314. The van der Waals surface area contributed by atoms with Gasteiger partial charge in [0.15, 0.2) is 5.16 Å². The highest BCUT2D eigenvalue weighted by Gasteiger charge is 2.09. The molecule has 0 aromatic carbocycles.